The zero-order chi connectivity index (χ0) is 19.0. The van der Waals surface area contributed by atoms with Gasteiger partial charge in [0.05, 0.1) is 33.1 Å². The zero-order valence-electron chi connectivity index (χ0n) is 15.1. The van der Waals surface area contributed by atoms with E-state index in [1.54, 1.807) is 31.0 Å². The lowest BCUT2D eigenvalue weighted by molar-refractivity contribution is 0.270. The topological polar surface area (TPSA) is 68.5 Å². The predicted octanol–water partition coefficient (Wildman–Crippen LogP) is 3.35. The third-order valence-electron chi connectivity index (χ3n) is 4.68. The Bertz CT molecular complexity index is 1000. The zero-order valence-corrected chi connectivity index (χ0v) is 15.1. The summed E-state index contributed by atoms with van der Waals surface area (Å²) in [7, 11) is 3.21. The normalized spacial score (nSPS) is 11.9. The summed E-state index contributed by atoms with van der Waals surface area (Å²) in [5, 5.41) is 17.2. The van der Waals surface area contributed by atoms with Crippen LogP contribution in [0.15, 0.2) is 36.4 Å². The van der Waals surface area contributed by atoms with Gasteiger partial charge in [-0.25, -0.2) is 4.39 Å². The highest BCUT2D eigenvalue weighted by Crippen LogP contribution is 2.45. The fourth-order valence-electron chi connectivity index (χ4n) is 3.51. The summed E-state index contributed by atoms with van der Waals surface area (Å²) in [6.45, 7) is 0.330. The molecular formula is C20H20FN3O3. The molecule has 1 aromatic heterocycles. The van der Waals surface area contributed by atoms with E-state index in [0.717, 1.165) is 22.4 Å². The number of hydrogen-bond donors (Lipinski definition) is 2. The van der Waals surface area contributed by atoms with Crippen LogP contribution in [-0.2, 0) is 13.0 Å². The highest BCUT2D eigenvalue weighted by molar-refractivity contribution is 5.82. The Labute approximate surface area is 156 Å². The number of nitrogens with zero attached hydrogens (tertiary/aromatic N) is 2. The Hall–Kier alpha value is -3.06. The van der Waals surface area contributed by atoms with Crippen molar-refractivity contribution >= 4 is 11.5 Å². The Morgan fingerprint density at radius 2 is 1.96 bits per heavy atom. The second-order valence-corrected chi connectivity index (χ2v) is 6.30. The molecule has 1 aliphatic carbocycles. The second kappa shape index (κ2) is 6.92. The third kappa shape index (κ3) is 3.00. The third-order valence-corrected chi connectivity index (χ3v) is 4.68. The summed E-state index contributed by atoms with van der Waals surface area (Å²) >= 11 is 0. The SMILES string of the molecule is COc1cc2c(cc1OC)-c1c(c(Nc3cccc(F)c3)nn1CCO)C2. The summed E-state index contributed by atoms with van der Waals surface area (Å²) in [6, 6.07) is 10.1. The molecule has 2 N–H and O–H groups in total. The number of aliphatic hydroxyl groups is 1. The van der Waals surface area contributed by atoms with E-state index in [2.05, 4.69) is 10.4 Å². The van der Waals surface area contributed by atoms with Crippen molar-refractivity contribution in [2.24, 2.45) is 0 Å². The molecule has 6 nitrogen and oxygen atoms in total. The van der Waals surface area contributed by atoms with Gasteiger partial charge >= 0.3 is 0 Å². The molecule has 4 rings (SSSR count). The first kappa shape index (κ1) is 17.4. The van der Waals surface area contributed by atoms with Crippen molar-refractivity contribution in [3.63, 3.8) is 0 Å². The Morgan fingerprint density at radius 3 is 2.67 bits per heavy atom. The van der Waals surface area contributed by atoms with Crippen LogP contribution in [0.5, 0.6) is 11.5 Å². The summed E-state index contributed by atoms with van der Waals surface area (Å²) in [5.41, 5.74) is 4.64. The fourth-order valence-corrected chi connectivity index (χ4v) is 3.51. The van der Waals surface area contributed by atoms with Gasteiger partial charge in [0.15, 0.2) is 17.3 Å². The van der Waals surface area contributed by atoms with Gasteiger partial charge in [0.1, 0.15) is 5.82 Å². The van der Waals surface area contributed by atoms with Crippen LogP contribution in [0.25, 0.3) is 11.3 Å². The number of aromatic nitrogens is 2. The van der Waals surface area contributed by atoms with E-state index >= 15 is 0 Å². The molecule has 0 saturated carbocycles. The summed E-state index contributed by atoms with van der Waals surface area (Å²) in [5.74, 6) is 1.64. The number of ether oxygens (including phenoxy) is 2. The number of methoxy groups -OCH3 is 2. The molecule has 1 heterocycles. The van der Waals surface area contributed by atoms with Crippen molar-refractivity contribution in [3.05, 3.63) is 53.3 Å². The fraction of sp³-hybridized carbons (Fsp3) is 0.250. The quantitative estimate of drug-likeness (QED) is 0.546. The van der Waals surface area contributed by atoms with Crippen LogP contribution >= 0.6 is 0 Å². The van der Waals surface area contributed by atoms with Gasteiger partial charge in [0.25, 0.3) is 0 Å². The van der Waals surface area contributed by atoms with Crippen molar-refractivity contribution < 1.29 is 19.0 Å². The molecule has 0 fully saturated rings. The van der Waals surface area contributed by atoms with E-state index in [0.29, 0.717) is 36.0 Å². The minimum absolute atomic E-state index is 0.0316. The highest BCUT2D eigenvalue weighted by Gasteiger charge is 2.29. The molecule has 2 aromatic carbocycles. The maximum atomic E-state index is 13.5. The lowest BCUT2D eigenvalue weighted by Gasteiger charge is -2.12. The van der Waals surface area contributed by atoms with Crippen LogP contribution in [0.4, 0.5) is 15.9 Å². The van der Waals surface area contributed by atoms with Gasteiger partial charge in [-0.15, -0.1) is 0 Å². The van der Waals surface area contributed by atoms with Crippen molar-refractivity contribution in [1.29, 1.82) is 0 Å². The molecule has 1 aliphatic rings. The molecule has 0 saturated heterocycles. The molecule has 0 spiro atoms. The number of aliphatic hydroxyl groups excluding tert-OH is 1. The van der Waals surface area contributed by atoms with Gasteiger partial charge in [0.2, 0.25) is 0 Å². The molecule has 0 bridgehead atoms. The molecule has 0 amide bonds. The van der Waals surface area contributed by atoms with Crippen molar-refractivity contribution in [1.82, 2.24) is 9.78 Å². The maximum Gasteiger partial charge on any atom is 0.161 e. The van der Waals surface area contributed by atoms with E-state index in [1.807, 2.05) is 12.1 Å². The molecule has 3 aromatic rings. The molecule has 0 radical (unpaired) electrons. The average Bonchev–Trinajstić information content (AvgIpc) is 3.18. The van der Waals surface area contributed by atoms with Gasteiger partial charge in [-0.3, -0.25) is 4.68 Å². The van der Waals surface area contributed by atoms with E-state index in [9.17, 15) is 9.50 Å². The lowest BCUT2D eigenvalue weighted by Crippen LogP contribution is -2.06. The standard InChI is InChI=1S/C20H20FN3O3/c1-26-17-9-12-8-16-19(15(12)11-18(17)27-2)24(6-7-25)23-20(16)22-14-5-3-4-13(21)10-14/h3-5,9-11,25H,6-8H2,1-2H3,(H,22,23). The van der Waals surface area contributed by atoms with Gasteiger partial charge in [-0.1, -0.05) is 6.07 Å². The number of nitrogens with one attached hydrogen (secondary N) is 1. The number of benzene rings is 2. The number of hydrogen-bond acceptors (Lipinski definition) is 5. The largest absolute Gasteiger partial charge is 0.493 e. The minimum Gasteiger partial charge on any atom is -0.493 e. The Morgan fingerprint density at radius 1 is 1.19 bits per heavy atom. The van der Waals surface area contributed by atoms with Gasteiger partial charge in [0, 0.05) is 23.2 Å². The Kier molecular flexibility index (Phi) is 4.45. The smallest absolute Gasteiger partial charge is 0.161 e. The maximum absolute atomic E-state index is 13.5. The summed E-state index contributed by atoms with van der Waals surface area (Å²) in [6.07, 6.45) is 0.661. The minimum atomic E-state index is -0.316. The van der Waals surface area contributed by atoms with Crippen LogP contribution in [0.1, 0.15) is 11.1 Å². The van der Waals surface area contributed by atoms with Crippen LogP contribution in [-0.4, -0.2) is 35.7 Å². The first-order chi connectivity index (χ1) is 13.1. The van der Waals surface area contributed by atoms with Crippen molar-refractivity contribution in [2.75, 3.05) is 26.1 Å². The Balaban J connectivity index is 1.80. The molecule has 7 heteroatoms. The van der Waals surface area contributed by atoms with Gasteiger partial charge in [-0.05, 0) is 35.9 Å². The number of anilines is 2. The average molecular weight is 369 g/mol. The van der Waals surface area contributed by atoms with Crippen LogP contribution < -0.4 is 14.8 Å². The number of fused-ring (bicyclic) bond motifs is 3. The molecule has 140 valence electrons. The first-order valence-corrected chi connectivity index (χ1v) is 8.63. The van der Waals surface area contributed by atoms with Crippen LogP contribution in [0.2, 0.25) is 0 Å². The van der Waals surface area contributed by atoms with Crippen molar-refractivity contribution in [3.8, 4) is 22.8 Å². The van der Waals surface area contributed by atoms with Gasteiger partial charge < -0.3 is 19.9 Å². The van der Waals surface area contributed by atoms with Crippen LogP contribution in [0.3, 0.4) is 0 Å². The predicted molar refractivity (Wildman–Crippen MR) is 100 cm³/mol. The molecule has 0 aliphatic heterocycles. The second-order valence-electron chi connectivity index (χ2n) is 6.30. The highest BCUT2D eigenvalue weighted by atomic mass is 19.1. The summed E-state index contributed by atoms with van der Waals surface area (Å²) < 4.78 is 26.1. The van der Waals surface area contributed by atoms with E-state index < -0.39 is 0 Å². The monoisotopic (exact) mass is 369 g/mol. The van der Waals surface area contributed by atoms with E-state index in [1.165, 1.54) is 12.1 Å². The number of rotatable bonds is 6. The lowest BCUT2D eigenvalue weighted by atomic mass is 10.1. The van der Waals surface area contributed by atoms with E-state index in [-0.39, 0.29) is 12.4 Å². The van der Waals surface area contributed by atoms with Crippen LogP contribution in [0, 0.1) is 5.82 Å². The van der Waals surface area contributed by atoms with Crippen molar-refractivity contribution in [2.45, 2.75) is 13.0 Å². The van der Waals surface area contributed by atoms with E-state index in [4.69, 9.17) is 9.47 Å². The molecule has 0 atom stereocenters. The first-order valence-electron chi connectivity index (χ1n) is 8.63. The molecule has 0 unspecified atom stereocenters. The summed E-state index contributed by atoms with van der Waals surface area (Å²) in [4.78, 5) is 0. The molecular weight excluding hydrogens is 349 g/mol. The van der Waals surface area contributed by atoms with Gasteiger partial charge in [-0.2, -0.15) is 5.10 Å². The number of halogens is 1. The molecule has 27 heavy (non-hydrogen) atoms.